The van der Waals surface area contributed by atoms with Crippen LogP contribution in [0.1, 0.15) is 47.0 Å². The molecule has 0 aromatic heterocycles. The number of hydrogen-bond donors (Lipinski definition) is 2. The molecule has 0 spiro atoms. The molecule has 0 bridgehead atoms. The standard InChI is InChI=1S/C15H30N2O2/c1-12(2)9-14(3,4)11-17-13(18)15(10-16)5-7-19-8-6-15/h12H,5-11,16H2,1-4H3,(H,17,18). The number of rotatable bonds is 6. The van der Waals surface area contributed by atoms with Gasteiger partial charge in [-0.2, -0.15) is 0 Å². The second-order valence-corrected chi connectivity index (χ2v) is 7.04. The van der Waals surface area contributed by atoms with Gasteiger partial charge in [0.25, 0.3) is 0 Å². The molecule has 1 aliphatic heterocycles. The number of nitrogens with one attached hydrogen (secondary N) is 1. The Morgan fingerprint density at radius 1 is 1.37 bits per heavy atom. The summed E-state index contributed by atoms with van der Waals surface area (Å²) in [5.74, 6) is 0.744. The minimum Gasteiger partial charge on any atom is -0.381 e. The van der Waals surface area contributed by atoms with Gasteiger partial charge in [-0.1, -0.05) is 27.7 Å². The highest BCUT2D eigenvalue weighted by Gasteiger charge is 2.39. The van der Waals surface area contributed by atoms with E-state index in [-0.39, 0.29) is 11.3 Å². The van der Waals surface area contributed by atoms with Crippen LogP contribution in [0.5, 0.6) is 0 Å². The predicted molar refractivity (Wildman–Crippen MR) is 77.8 cm³/mol. The van der Waals surface area contributed by atoms with Crippen LogP contribution in [0.2, 0.25) is 0 Å². The molecule has 0 aliphatic carbocycles. The minimum atomic E-state index is -0.411. The SMILES string of the molecule is CC(C)CC(C)(C)CNC(=O)C1(CN)CCOCC1. The molecule has 112 valence electrons. The number of ether oxygens (including phenoxy) is 1. The van der Waals surface area contributed by atoms with Gasteiger partial charge in [0, 0.05) is 26.3 Å². The molecular formula is C15H30N2O2. The van der Waals surface area contributed by atoms with E-state index < -0.39 is 5.41 Å². The molecule has 1 saturated heterocycles. The summed E-state index contributed by atoms with van der Waals surface area (Å²) in [5, 5.41) is 3.12. The van der Waals surface area contributed by atoms with Crippen molar-refractivity contribution in [3.05, 3.63) is 0 Å². The van der Waals surface area contributed by atoms with Crippen LogP contribution >= 0.6 is 0 Å². The fraction of sp³-hybridized carbons (Fsp3) is 0.933. The summed E-state index contributed by atoms with van der Waals surface area (Å²) in [7, 11) is 0. The molecule has 1 fully saturated rings. The summed E-state index contributed by atoms with van der Waals surface area (Å²) in [6.45, 7) is 11.2. The van der Waals surface area contributed by atoms with E-state index in [4.69, 9.17) is 10.5 Å². The smallest absolute Gasteiger partial charge is 0.227 e. The predicted octanol–water partition coefficient (Wildman–Crippen LogP) is 1.93. The number of nitrogens with two attached hydrogens (primary N) is 1. The van der Waals surface area contributed by atoms with Crippen molar-refractivity contribution in [2.45, 2.75) is 47.0 Å². The first kappa shape index (κ1) is 16.4. The second-order valence-electron chi connectivity index (χ2n) is 7.04. The first-order chi connectivity index (χ1) is 8.81. The van der Waals surface area contributed by atoms with Gasteiger partial charge < -0.3 is 15.8 Å². The van der Waals surface area contributed by atoms with Gasteiger partial charge in [0.15, 0.2) is 0 Å². The highest BCUT2D eigenvalue weighted by atomic mass is 16.5. The second kappa shape index (κ2) is 6.71. The number of hydrogen-bond acceptors (Lipinski definition) is 3. The molecule has 0 atom stereocenters. The van der Waals surface area contributed by atoms with Crippen molar-refractivity contribution < 1.29 is 9.53 Å². The Morgan fingerprint density at radius 3 is 2.42 bits per heavy atom. The van der Waals surface area contributed by atoms with Crippen molar-refractivity contribution in [1.82, 2.24) is 5.32 Å². The molecule has 3 N–H and O–H groups in total. The van der Waals surface area contributed by atoms with Gasteiger partial charge in [0.1, 0.15) is 0 Å². The Balaban J connectivity index is 2.53. The van der Waals surface area contributed by atoms with Gasteiger partial charge in [0.2, 0.25) is 5.91 Å². The van der Waals surface area contributed by atoms with Crippen LogP contribution in [0.3, 0.4) is 0 Å². The zero-order valence-electron chi connectivity index (χ0n) is 12.9. The Morgan fingerprint density at radius 2 is 1.95 bits per heavy atom. The number of carbonyl (C=O) groups is 1. The molecular weight excluding hydrogens is 240 g/mol. The zero-order valence-corrected chi connectivity index (χ0v) is 12.9. The largest absolute Gasteiger partial charge is 0.381 e. The molecule has 0 aromatic carbocycles. The molecule has 0 radical (unpaired) electrons. The summed E-state index contributed by atoms with van der Waals surface area (Å²) >= 11 is 0. The lowest BCUT2D eigenvalue weighted by Gasteiger charge is -2.36. The fourth-order valence-corrected chi connectivity index (χ4v) is 2.97. The van der Waals surface area contributed by atoms with E-state index in [1.54, 1.807) is 0 Å². The maximum atomic E-state index is 12.4. The molecule has 4 nitrogen and oxygen atoms in total. The Bertz CT molecular complexity index is 295. The maximum absolute atomic E-state index is 12.4. The third kappa shape index (κ3) is 4.77. The van der Waals surface area contributed by atoms with Crippen LogP contribution in [0.15, 0.2) is 0 Å². The average Bonchev–Trinajstić information content (AvgIpc) is 2.35. The Labute approximate surface area is 117 Å². The topological polar surface area (TPSA) is 64.4 Å². The van der Waals surface area contributed by atoms with E-state index in [0.29, 0.717) is 32.2 Å². The highest BCUT2D eigenvalue weighted by molar-refractivity contribution is 5.83. The molecule has 1 heterocycles. The lowest BCUT2D eigenvalue weighted by Crippen LogP contribution is -2.50. The third-order valence-electron chi connectivity index (χ3n) is 4.01. The van der Waals surface area contributed by atoms with Crippen molar-refractivity contribution in [3.8, 4) is 0 Å². The van der Waals surface area contributed by atoms with Crippen LogP contribution in [-0.4, -0.2) is 32.2 Å². The summed E-state index contributed by atoms with van der Waals surface area (Å²) in [4.78, 5) is 12.4. The van der Waals surface area contributed by atoms with Crippen molar-refractivity contribution in [2.75, 3.05) is 26.3 Å². The molecule has 19 heavy (non-hydrogen) atoms. The monoisotopic (exact) mass is 270 g/mol. The summed E-state index contributed by atoms with van der Waals surface area (Å²) in [5.41, 5.74) is 5.56. The molecule has 4 heteroatoms. The fourth-order valence-electron chi connectivity index (χ4n) is 2.97. The van der Waals surface area contributed by atoms with Crippen LogP contribution in [0.25, 0.3) is 0 Å². The highest BCUT2D eigenvalue weighted by Crippen LogP contribution is 2.30. The van der Waals surface area contributed by atoms with E-state index in [0.717, 1.165) is 19.3 Å². The lowest BCUT2D eigenvalue weighted by atomic mass is 9.78. The van der Waals surface area contributed by atoms with Crippen LogP contribution in [0, 0.1) is 16.7 Å². The van der Waals surface area contributed by atoms with Crippen LogP contribution < -0.4 is 11.1 Å². The van der Waals surface area contributed by atoms with Crippen molar-refractivity contribution in [3.63, 3.8) is 0 Å². The van der Waals surface area contributed by atoms with Crippen molar-refractivity contribution in [1.29, 1.82) is 0 Å². The normalized spacial score (nSPS) is 19.5. The van der Waals surface area contributed by atoms with Crippen molar-refractivity contribution in [2.24, 2.45) is 22.5 Å². The van der Waals surface area contributed by atoms with Gasteiger partial charge >= 0.3 is 0 Å². The van der Waals surface area contributed by atoms with E-state index in [2.05, 4.69) is 33.0 Å². The first-order valence-corrected chi connectivity index (χ1v) is 7.37. The number of amides is 1. The van der Waals surface area contributed by atoms with Gasteiger partial charge in [-0.25, -0.2) is 0 Å². The summed E-state index contributed by atoms with van der Waals surface area (Å²) < 4.78 is 5.34. The van der Waals surface area contributed by atoms with E-state index in [9.17, 15) is 4.79 Å². The number of carbonyl (C=O) groups excluding carboxylic acids is 1. The van der Waals surface area contributed by atoms with Crippen LogP contribution in [0.4, 0.5) is 0 Å². The molecule has 0 unspecified atom stereocenters. The molecule has 1 amide bonds. The van der Waals surface area contributed by atoms with Gasteiger partial charge in [0.05, 0.1) is 5.41 Å². The van der Waals surface area contributed by atoms with Gasteiger partial charge in [-0.3, -0.25) is 4.79 Å². The average molecular weight is 270 g/mol. The zero-order chi connectivity index (χ0) is 14.5. The summed E-state index contributed by atoms with van der Waals surface area (Å²) in [6, 6.07) is 0. The van der Waals surface area contributed by atoms with E-state index in [1.807, 2.05) is 0 Å². The molecule has 0 aromatic rings. The quantitative estimate of drug-likeness (QED) is 0.775. The van der Waals surface area contributed by atoms with Gasteiger partial charge in [-0.15, -0.1) is 0 Å². The molecule has 1 rings (SSSR count). The molecule has 1 aliphatic rings. The van der Waals surface area contributed by atoms with Crippen LogP contribution in [-0.2, 0) is 9.53 Å². The summed E-state index contributed by atoms with van der Waals surface area (Å²) in [6.07, 6.45) is 2.58. The van der Waals surface area contributed by atoms with Crippen molar-refractivity contribution >= 4 is 5.91 Å². The lowest BCUT2D eigenvalue weighted by molar-refractivity contribution is -0.136. The van der Waals surface area contributed by atoms with Gasteiger partial charge in [-0.05, 0) is 30.6 Å². The third-order valence-corrected chi connectivity index (χ3v) is 4.01. The minimum absolute atomic E-state index is 0.107. The van der Waals surface area contributed by atoms with E-state index >= 15 is 0 Å². The Kier molecular flexibility index (Phi) is 5.81. The maximum Gasteiger partial charge on any atom is 0.227 e. The van der Waals surface area contributed by atoms with E-state index in [1.165, 1.54) is 0 Å². The Hall–Kier alpha value is -0.610. The first-order valence-electron chi connectivity index (χ1n) is 7.37. The molecule has 0 saturated carbocycles.